The Labute approximate surface area is 179 Å². The maximum atomic E-state index is 12.6. The predicted molar refractivity (Wildman–Crippen MR) is 118 cm³/mol. The Kier molecular flexibility index (Phi) is 7.26. The predicted octanol–water partition coefficient (Wildman–Crippen LogP) is 2.04. The maximum Gasteiger partial charge on any atom is 0.269 e. The lowest BCUT2D eigenvalue weighted by Crippen LogP contribution is -2.41. The summed E-state index contributed by atoms with van der Waals surface area (Å²) in [4.78, 5) is 48.1. The number of aromatic nitrogens is 4. The van der Waals surface area contributed by atoms with Gasteiger partial charge in [0.2, 0.25) is 5.91 Å². The van der Waals surface area contributed by atoms with E-state index in [-0.39, 0.29) is 18.5 Å². The zero-order valence-electron chi connectivity index (χ0n) is 17.5. The molecule has 0 saturated heterocycles. The molecular formula is C23H25N5O3. The molecule has 0 aliphatic carbocycles. The molecule has 1 atom stereocenters. The fourth-order valence-corrected chi connectivity index (χ4v) is 3.26. The third kappa shape index (κ3) is 5.85. The highest BCUT2D eigenvalue weighted by Crippen LogP contribution is 2.08. The second-order valence-corrected chi connectivity index (χ2v) is 7.15. The SMILES string of the molecule is CCc1cccnc(C[C@H](C=O)NC(=O)Cn2c(=O)cnc3ccccc32)[nH]c(C)c1. The zero-order valence-corrected chi connectivity index (χ0v) is 17.5. The molecule has 2 heterocycles. The van der Waals surface area contributed by atoms with E-state index in [4.69, 9.17) is 0 Å². The molecule has 0 fully saturated rings. The Balaban J connectivity index is 1.78. The summed E-state index contributed by atoms with van der Waals surface area (Å²) in [6.45, 7) is 3.77. The molecule has 160 valence electrons. The van der Waals surface area contributed by atoms with E-state index in [9.17, 15) is 14.4 Å². The van der Waals surface area contributed by atoms with E-state index >= 15 is 0 Å². The van der Waals surface area contributed by atoms with Gasteiger partial charge in [-0.3, -0.25) is 14.2 Å². The van der Waals surface area contributed by atoms with Gasteiger partial charge in [0.15, 0.2) is 0 Å². The van der Waals surface area contributed by atoms with Crippen molar-refractivity contribution in [3.05, 3.63) is 82.3 Å². The number of rotatable bonds is 7. The average molecular weight is 419 g/mol. The van der Waals surface area contributed by atoms with Gasteiger partial charge in [0.1, 0.15) is 18.7 Å². The van der Waals surface area contributed by atoms with Crippen molar-refractivity contribution in [1.29, 1.82) is 0 Å². The molecule has 0 aliphatic heterocycles. The van der Waals surface area contributed by atoms with Gasteiger partial charge in [-0.25, -0.2) is 9.97 Å². The molecule has 8 heteroatoms. The fourth-order valence-electron chi connectivity index (χ4n) is 3.26. The highest BCUT2D eigenvalue weighted by atomic mass is 16.2. The van der Waals surface area contributed by atoms with Crippen molar-refractivity contribution in [3.63, 3.8) is 0 Å². The number of para-hydroxylation sites is 2. The Morgan fingerprint density at radius 2 is 2.03 bits per heavy atom. The van der Waals surface area contributed by atoms with Crippen molar-refractivity contribution >= 4 is 23.2 Å². The Hall–Kier alpha value is -3.81. The number of carbonyl (C=O) groups excluding carboxylic acids is 2. The van der Waals surface area contributed by atoms with Crippen molar-refractivity contribution in [1.82, 2.24) is 24.8 Å². The van der Waals surface area contributed by atoms with Gasteiger partial charge in [0.05, 0.1) is 23.3 Å². The minimum Gasteiger partial charge on any atom is -0.347 e. The van der Waals surface area contributed by atoms with E-state index in [1.54, 1.807) is 30.5 Å². The van der Waals surface area contributed by atoms with E-state index in [1.807, 2.05) is 25.1 Å². The lowest BCUT2D eigenvalue weighted by molar-refractivity contribution is -0.124. The fraction of sp³-hybridized carbons (Fsp3) is 0.261. The van der Waals surface area contributed by atoms with Crippen LogP contribution in [0.25, 0.3) is 11.0 Å². The first kappa shape index (κ1) is 21.9. The first-order valence-electron chi connectivity index (χ1n) is 10.1. The van der Waals surface area contributed by atoms with E-state index in [0.29, 0.717) is 23.1 Å². The van der Waals surface area contributed by atoms with Crippen molar-refractivity contribution < 1.29 is 9.59 Å². The van der Waals surface area contributed by atoms with Crippen LogP contribution in [-0.2, 0) is 29.0 Å². The minimum atomic E-state index is -0.789. The van der Waals surface area contributed by atoms with Gasteiger partial charge in [-0.15, -0.1) is 0 Å². The van der Waals surface area contributed by atoms with E-state index in [1.165, 1.54) is 10.8 Å². The highest BCUT2D eigenvalue weighted by molar-refractivity contribution is 5.82. The zero-order chi connectivity index (χ0) is 22.2. The van der Waals surface area contributed by atoms with Crippen molar-refractivity contribution in [2.24, 2.45) is 0 Å². The van der Waals surface area contributed by atoms with Crippen LogP contribution in [0.15, 0.2) is 59.7 Å². The summed E-state index contributed by atoms with van der Waals surface area (Å²) in [7, 11) is 0. The maximum absolute atomic E-state index is 12.6. The quantitative estimate of drug-likeness (QED) is 0.570. The summed E-state index contributed by atoms with van der Waals surface area (Å²) in [5.41, 5.74) is 2.82. The number of hydrogen-bond donors (Lipinski definition) is 2. The van der Waals surface area contributed by atoms with Crippen LogP contribution in [0.3, 0.4) is 0 Å². The molecule has 0 aliphatic rings. The molecule has 3 rings (SSSR count). The van der Waals surface area contributed by atoms with Gasteiger partial charge in [0, 0.05) is 18.3 Å². The van der Waals surface area contributed by atoms with E-state index in [0.717, 1.165) is 17.7 Å². The van der Waals surface area contributed by atoms with Crippen LogP contribution in [-0.4, -0.2) is 37.8 Å². The van der Waals surface area contributed by atoms with Crippen LogP contribution in [0, 0.1) is 6.92 Å². The van der Waals surface area contributed by atoms with Crippen molar-refractivity contribution in [2.75, 3.05) is 0 Å². The number of aromatic amines is 1. The molecular weight excluding hydrogens is 394 g/mol. The molecule has 8 nitrogen and oxygen atoms in total. The van der Waals surface area contributed by atoms with Crippen LogP contribution in [0.5, 0.6) is 0 Å². The van der Waals surface area contributed by atoms with Crippen LogP contribution < -0.4 is 10.9 Å². The number of hydrogen-bond acceptors (Lipinski definition) is 5. The smallest absolute Gasteiger partial charge is 0.269 e. The summed E-state index contributed by atoms with van der Waals surface area (Å²) in [5.74, 6) is 0.108. The van der Waals surface area contributed by atoms with Gasteiger partial charge in [-0.05, 0) is 43.2 Å². The highest BCUT2D eigenvalue weighted by Gasteiger charge is 2.15. The molecule has 0 spiro atoms. The standard InChI is InChI=1S/C23H25N5O3/c1-3-17-7-6-10-24-21(26-16(2)11-17)12-18(15-29)27-22(30)14-28-20-9-5-4-8-19(20)25-13-23(28)31/h4-11,13,15,18H,3,12,14H2,1-2H3,(H,24,26)(H,27,30)/t18-/m1/s1. The summed E-state index contributed by atoms with van der Waals surface area (Å²) in [5, 5.41) is 2.68. The number of amides is 1. The summed E-state index contributed by atoms with van der Waals surface area (Å²) >= 11 is 0. The Morgan fingerprint density at radius 1 is 1.23 bits per heavy atom. The summed E-state index contributed by atoms with van der Waals surface area (Å²) in [6, 6.07) is 12.1. The normalized spacial score (nSPS) is 11.5. The average Bonchev–Trinajstić information content (AvgIpc) is 2.85. The van der Waals surface area contributed by atoms with E-state index in [2.05, 4.69) is 27.2 Å². The number of H-pyrrole nitrogens is 1. The molecule has 0 radical (unpaired) electrons. The molecule has 0 saturated carbocycles. The largest absolute Gasteiger partial charge is 0.347 e. The number of aryl methyl sites for hydroxylation is 2. The summed E-state index contributed by atoms with van der Waals surface area (Å²) < 4.78 is 1.34. The monoisotopic (exact) mass is 419 g/mol. The molecule has 2 N–H and O–H groups in total. The molecule has 31 heavy (non-hydrogen) atoms. The van der Waals surface area contributed by atoms with Crippen molar-refractivity contribution in [2.45, 2.75) is 39.3 Å². The van der Waals surface area contributed by atoms with Gasteiger partial charge < -0.3 is 15.1 Å². The number of aldehydes is 1. The molecule has 3 aromatic rings. The Bertz CT molecular complexity index is 1200. The van der Waals surface area contributed by atoms with Gasteiger partial charge in [0.25, 0.3) is 5.56 Å². The second kappa shape index (κ2) is 10.3. The third-order valence-electron chi connectivity index (χ3n) is 4.76. The molecule has 1 amide bonds. The number of nitrogens with one attached hydrogen (secondary N) is 2. The topological polar surface area (TPSA) is 110 Å². The Morgan fingerprint density at radius 3 is 2.81 bits per heavy atom. The van der Waals surface area contributed by atoms with E-state index < -0.39 is 11.9 Å². The van der Waals surface area contributed by atoms with Crippen LogP contribution in [0.4, 0.5) is 0 Å². The van der Waals surface area contributed by atoms with Crippen LogP contribution >= 0.6 is 0 Å². The molecule has 0 unspecified atom stereocenters. The molecule has 1 aromatic carbocycles. The first-order chi connectivity index (χ1) is 15.0. The number of nitrogens with zero attached hydrogens (tertiary/aromatic N) is 3. The number of fused-ring (bicyclic) bond motifs is 1. The molecule has 0 bridgehead atoms. The number of carbonyl (C=O) groups is 2. The summed E-state index contributed by atoms with van der Waals surface area (Å²) in [6.07, 6.45) is 4.58. The van der Waals surface area contributed by atoms with Gasteiger partial charge in [-0.1, -0.05) is 25.1 Å². The lowest BCUT2D eigenvalue weighted by atomic mass is 10.2. The second-order valence-electron chi connectivity index (χ2n) is 7.15. The third-order valence-corrected chi connectivity index (χ3v) is 4.76. The van der Waals surface area contributed by atoms with Gasteiger partial charge >= 0.3 is 0 Å². The van der Waals surface area contributed by atoms with Crippen molar-refractivity contribution in [3.8, 4) is 0 Å². The first-order valence-corrected chi connectivity index (χ1v) is 10.1. The van der Waals surface area contributed by atoms with Crippen LogP contribution in [0.1, 0.15) is 24.0 Å². The molecule has 2 aromatic heterocycles. The number of benzene rings is 1. The lowest BCUT2D eigenvalue weighted by Gasteiger charge is -2.14. The minimum absolute atomic E-state index is 0.193. The van der Waals surface area contributed by atoms with Crippen LogP contribution in [0.2, 0.25) is 0 Å². The van der Waals surface area contributed by atoms with Gasteiger partial charge in [-0.2, -0.15) is 0 Å².